The summed E-state index contributed by atoms with van der Waals surface area (Å²) in [6.07, 6.45) is 5.09. The number of hydrogen-bond donors (Lipinski definition) is 2. The molecule has 1 aromatic heterocycles. The summed E-state index contributed by atoms with van der Waals surface area (Å²) in [5, 5.41) is 10.5. The Bertz CT molecular complexity index is 899. The fourth-order valence-electron chi connectivity index (χ4n) is 2.12. The Hall–Kier alpha value is -3.54. The Balaban J connectivity index is 1.57. The normalized spacial score (nSPS) is 11.2. The molecule has 0 radical (unpaired) electrons. The Morgan fingerprint density at radius 2 is 1.88 bits per heavy atom. The van der Waals surface area contributed by atoms with E-state index < -0.39 is 5.91 Å². The number of hydrogen-bond acceptors (Lipinski definition) is 3. The molecule has 0 aliphatic rings. The zero-order valence-corrected chi connectivity index (χ0v) is 13.2. The van der Waals surface area contributed by atoms with Crippen LogP contribution < -0.4 is 5.43 Å². The number of benzene rings is 2. The minimum absolute atomic E-state index is 0.267. The lowest BCUT2D eigenvalue weighted by atomic mass is 10.1. The maximum Gasteiger partial charge on any atom is 0.289 e. The van der Waals surface area contributed by atoms with Gasteiger partial charge in [0.25, 0.3) is 5.91 Å². The number of aromatic nitrogens is 2. The molecule has 3 rings (SSSR count). The van der Waals surface area contributed by atoms with Gasteiger partial charge >= 0.3 is 0 Å². The van der Waals surface area contributed by atoms with E-state index in [0.717, 1.165) is 5.56 Å². The highest BCUT2D eigenvalue weighted by molar-refractivity contribution is 5.93. The van der Waals surface area contributed by atoms with E-state index in [0.29, 0.717) is 11.3 Å². The molecule has 2 N–H and O–H groups in total. The van der Waals surface area contributed by atoms with Crippen LogP contribution in [-0.4, -0.2) is 22.3 Å². The summed E-state index contributed by atoms with van der Waals surface area (Å²) in [7, 11) is 0. The van der Waals surface area contributed by atoms with Crippen molar-refractivity contribution in [2.75, 3.05) is 0 Å². The van der Waals surface area contributed by atoms with Crippen LogP contribution in [0, 0.1) is 5.82 Å². The first-order valence-electron chi connectivity index (χ1n) is 7.59. The number of rotatable bonds is 5. The van der Waals surface area contributed by atoms with Crippen molar-refractivity contribution >= 4 is 18.2 Å². The van der Waals surface area contributed by atoms with Crippen LogP contribution in [0.2, 0.25) is 0 Å². The Kier molecular flexibility index (Phi) is 5.11. The molecular formula is C19H15FN4O. The molecule has 0 unspecified atom stereocenters. The molecule has 0 aliphatic heterocycles. The number of H-pyrrole nitrogens is 1. The summed E-state index contributed by atoms with van der Waals surface area (Å²) < 4.78 is 12.9. The third-order valence-corrected chi connectivity index (χ3v) is 3.38. The van der Waals surface area contributed by atoms with E-state index in [1.807, 2.05) is 36.4 Å². The fourth-order valence-corrected chi connectivity index (χ4v) is 2.12. The summed E-state index contributed by atoms with van der Waals surface area (Å²) in [4.78, 5) is 12.0. The average molecular weight is 334 g/mol. The lowest BCUT2D eigenvalue weighted by Gasteiger charge is -1.95. The van der Waals surface area contributed by atoms with Gasteiger partial charge in [-0.1, -0.05) is 36.4 Å². The van der Waals surface area contributed by atoms with E-state index in [1.165, 1.54) is 18.3 Å². The highest BCUT2D eigenvalue weighted by atomic mass is 19.1. The van der Waals surface area contributed by atoms with Crippen molar-refractivity contribution in [2.24, 2.45) is 5.10 Å². The van der Waals surface area contributed by atoms with E-state index in [-0.39, 0.29) is 11.5 Å². The third-order valence-electron chi connectivity index (χ3n) is 3.38. The molecule has 0 saturated heterocycles. The van der Waals surface area contributed by atoms with Crippen molar-refractivity contribution in [3.05, 3.63) is 83.8 Å². The van der Waals surface area contributed by atoms with E-state index in [4.69, 9.17) is 0 Å². The second kappa shape index (κ2) is 7.83. The molecule has 5 nitrogen and oxygen atoms in total. The van der Waals surface area contributed by atoms with Gasteiger partial charge in [0, 0.05) is 11.8 Å². The number of nitrogens with zero attached hydrogens (tertiary/aromatic N) is 2. The second-order valence-electron chi connectivity index (χ2n) is 5.16. The molecule has 0 saturated carbocycles. The lowest BCUT2D eigenvalue weighted by Crippen LogP contribution is -2.17. The predicted octanol–water partition coefficient (Wildman–Crippen LogP) is 3.64. The van der Waals surface area contributed by atoms with Crippen LogP contribution >= 0.6 is 0 Å². The van der Waals surface area contributed by atoms with Gasteiger partial charge in [-0.3, -0.25) is 9.89 Å². The summed E-state index contributed by atoms with van der Waals surface area (Å²) >= 11 is 0. The highest BCUT2D eigenvalue weighted by Crippen LogP contribution is 2.17. The van der Waals surface area contributed by atoms with Gasteiger partial charge in [0.2, 0.25) is 0 Å². The van der Waals surface area contributed by atoms with Crippen molar-refractivity contribution in [2.45, 2.75) is 0 Å². The van der Waals surface area contributed by atoms with Gasteiger partial charge < -0.3 is 0 Å². The second-order valence-corrected chi connectivity index (χ2v) is 5.16. The van der Waals surface area contributed by atoms with Gasteiger partial charge in [0.05, 0.1) is 5.69 Å². The van der Waals surface area contributed by atoms with E-state index in [9.17, 15) is 9.18 Å². The molecular weight excluding hydrogens is 319 g/mol. The molecule has 124 valence electrons. The summed E-state index contributed by atoms with van der Waals surface area (Å²) in [5.74, 6) is -0.736. The summed E-state index contributed by atoms with van der Waals surface area (Å²) in [5.41, 5.74) is 4.98. The average Bonchev–Trinajstić information content (AvgIpc) is 3.13. The van der Waals surface area contributed by atoms with Gasteiger partial charge in [0.15, 0.2) is 0 Å². The van der Waals surface area contributed by atoms with Gasteiger partial charge in [-0.15, -0.1) is 0 Å². The number of carbonyl (C=O) groups excluding carboxylic acids is 1. The molecule has 3 aromatic rings. The van der Waals surface area contributed by atoms with Gasteiger partial charge in [-0.25, -0.2) is 9.82 Å². The molecule has 0 spiro atoms. The zero-order valence-electron chi connectivity index (χ0n) is 13.2. The number of carbonyl (C=O) groups is 1. The Morgan fingerprint density at radius 1 is 1.12 bits per heavy atom. The highest BCUT2D eigenvalue weighted by Gasteiger charge is 2.10. The SMILES string of the molecule is O=C(N/N=C/C=C/c1ccccc1)c1cc(-c2ccc(F)cc2)n[nH]1. The minimum atomic E-state index is -0.412. The quantitative estimate of drug-likeness (QED) is 0.552. The lowest BCUT2D eigenvalue weighted by molar-refractivity contribution is 0.0950. The number of nitrogens with one attached hydrogen (secondary N) is 2. The van der Waals surface area contributed by atoms with Crippen LogP contribution in [0.5, 0.6) is 0 Å². The molecule has 0 bridgehead atoms. The van der Waals surface area contributed by atoms with Crippen molar-refractivity contribution in [3.8, 4) is 11.3 Å². The first-order chi connectivity index (χ1) is 12.2. The van der Waals surface area contributed by atoms with Crippen LogP contribution in [0.25, 0.3) is 17.3 Å². The molecule has 1 amide bonds. The Labute approximate surface area is 143 Å². The molecule has 2 aromatic carbocycles. The maximum atomic E-state index is 12.9. The fraction of sp³-hybridized carbons (Fsp3) is 0. The van der Waals surface area contributed by atoms with Crippen LogP contribution in [0.3, 0.4) is 0 Å². The number of hydrazone groups is 1. The van der Waals surface area contributed by atoms with Crippen LogP contribution in [-0.2, 0) is 0 Å². The molecule has 0 aliphatic carbocycles. The predicted molar refractivity (Wildman–Crippen MR) is 95.4 cm³/mol. The maximum absolute atomic E-state index is 12.9. The number of allylic oxidation sites excluding steroid dienone is 1. The molecule has 0 fully saturated rings. The number of aromatic amines is 1. The molecule has 1 heterocycles. The van der Waals surface area contributed by atoms with Gasteiger partial charge in [-0.2, -0.15) is 10.2 Å². The molecule has 0 atom stereocenters. The standard InChI is InChI=1S/C19H15FN4O/c20-16-10-8-15(9-11-16)17-13-18(23-22-17)19(25)24-21-12-4-7-14-5-2-1-3-6-14/h1-13H,(H,22,23)(H,24,25)/b7-4+,21-12+. The van der Waals surface area contributed by atoms with E-state index >= 15 is 0 Å². The van der Waals surface area contributed by atoms with Crippen molar-refractivity contribution in [1.29, 1.82) is 0 Å². The number of halogens is 1. The number of amides is 1. The smallest absolute Gasteiger partial charge is 0.272 e. The largest absolute Gasteiger partial charge is 0.289 e. The minimum Gasteiger partial charge on any atom is -0.272 e. The topological polar surface area (TPSA) is 70.1 Å². The van der Waals surface area contributed by atoms with Crippen LogP contribution in [0.1, 0.15) is 16.1 Å². The van der Waals surface area contributed by atoms with Crippen molar-refractivity contribution in [3.63, 3.8) is 0 Å². The first kappa shape index (κ1) is 16.3. The third kappa shape index (κ3) is 4.48. The first-order valence-corrected chi connectivity index (χ1v) is 7.59. The van der Waals surface area contributed by atoms with Gasteiger partial charge in [-0.05, 0) is 42.0 Å². The van der Waals surface area contributed by atoms with Crippen molar-refractivity contribution in [1.82, 2.24) is 15.6 Å². The molecule has 25 heavy (non-hydrogen) atoms. The van der Waals surface area contributed by atoms with E-state index in [1.54, 1.807) is 24.3 Å². The van der Waals surface area contributed by atoms with Gasteiger partial charge in [0.1, 0.15) is 11.5 Å². The zero-order chi connectivity index (χ0) is 17.5. The van der Waals surface area contributed by atoms with E-state index in [2.05, 4.69) is 20.7 Å². The van der Waals surface area contributed by atoms with Crippen molar-refractivity contribution < 1.29 is 9.18 Å². The monoisotopic (exact) mass is 334 g/mol. The van der Waals surface area contributed by atoms with Crippen LogP contribution in [0.15, 0.2) is 71.8 Å². The molecule has 6 heteroatoms. The Morgan fingerprint density at radius 3 is 2.64 bits per heavy atom. The summed E-state index contributed by atoms with van der Waals surface area (Å²) in [6.45, 7) is 0. The summed E-state index contributed by atoms with van der Waals surface area (Å²) in [6, 6.07) is 17.2. The van der Waals surface area contributed by atoms with Crippen LogP contribution in [0.4, 0.5) is 4.39 Å².